The molecule has 21 heavy (non-hydrogen) atoms. The van der Waals surface area contributed by atoms with Gasteiger partial charge in [-0.2, -0.15) is 5.10 Å². The second-order valence-corrected chi connectivity index (χ2v) is 5.15. The minimum atomic E-state index is 0.634. The molecule has 1 aromatic carbocycles. The largest absolute Gasteiger partial charge is 0.496 e. The highest BCUT2D eigenvalue weighted by atomic mass is 79.9. The predicted molar refractivity (Wildman–Crippen MR) is 89.1 cm³/mol. The zero-order chi connectivity index (χ0) is 15.4. The molecule has 108 valence electrons. The summed E-state index contributed by atoms with van der Waals surface area (Å²) in [4.78, 5) is 4.57. The molecule has 0 N–H and O–H groups in total. The molecule has 0 saturated heterocycles. The van der Waals surface area contributed by atoms with Gasteiger partial charge in [-0.1, -0.05) is 31.4 Å². The van der Waals surface area contributed by atoms with Gasteiger partial charge in [-0.3, -0.25) is 0 Å². The van der Waals surface area contributed by atoms with Crippen LogP contribution in [0.4, 0.5) is 0 Å². The number of methoxy groups -OCH3 is 1. The highest BCUT2D eigenvalue weighted by Gasteiger charge is 2.12. The average molecular weight is 346 g/mol. The SMILES string of the molecule is C=C/C=C(\C=C)c1nc(-c2ccc(Br)c(OC)c2)nn1C. The van der Waals surface area contributed by atoms with E-state index in [1.54, 1.807) is 23.9 Å². The molecule has 0 spiro atoms. The van der Waals surface area contributed by atoms with Gasteiger partial charge >= 0.3 is 0 Å². The van der Waals surface area contributed by atoms with Crippen LogP contribution in [0.3, 0.4) is 0 Å². The summed E-state index contributed by atoms with van der Waals surface area (Å²) < 4.78 is 7.92. The number of hydrogen-bond donors (Lipinski definition) is 0. The van der Waals surface area contributed by atoms with Gasteiger partial charge in [0.2, 0.25) is 0 Å². The minimum Gasteiger partial charge on any atom is -0.496 e. The van der Waals surface area contributed by atoms with Crippen molar-refractivity contribution in [2.24, 2.45) is 7.05 Å². The number of allylic oxidation sites excluding steroid dienone is 4. The van der Waals surface area contributed by atoms with Crippen LogP contribution in [0.2, 0.25) is 0 Å². The Labute approximate surface area is 132 Å². The topological polar surface area (TPSA) is 39.9 Å². The van der Waals surface area contributed by atoms with Crippen molar-refractivity contribution >= 4 is 21.5 Å². The van der Waals surface area contributed by atoms with Crippen LogP contribution in [0.25, 0.3) is 17.0 Å². The van der Waals surface area contributed by atoms with Crippen LogP contribution in [0.5, 0.6) is 5.75 Å². The summed E-state index contributed by atoms with van der Waals surface area (Å²) in [5.74, 6) is 2.11. The molecule has 0 amide bonds. The number of hydrogen-bond acceptors (Lipinski definition) is 3. The van der Waals surface area contributed by atoms with Crippen molar-refractivity contribution in [3.05, 3.63) is 59.9 Å². The van der Waals surface area contributed by atoms with Crippen LogP contribution in [0, 0.1) is 0 Å². The molecule has 2 aromatic rings. The number of benzene rings is 1. The Morgan fingerprint density at radius 2 is 2.14 bits per heavy atom. The van der Waals surface area contributed by atoms with E-state index in [0.29, 0.717) is 5.82 Å². The van der Waals surface area contributed by atoms with Crippen molar-refractivity contribution < 1.29 is 4.74 Å². The van der Waals surface area contributed by atoms with E-state index >= 15 is 0 Å². The third-order valence-electron chi connectivity index (χ3n) is 2.95. The first-order chi connectivity index (χ1) is 10.1. The van der Waals surface area contributed by atoms with Crippen LogP contribution >= 0.6 is 15.9 Å². The molecular weight excluding hydrogens is 330 g/mol. The van der Waals surface area contributed by atoms with Gasteiger partial charge in [0, 0.05) is 18.2 Å². The second-order valence-electron chi connectivity index (χ2n) is 4.29. The molecule has 4 nitrogen and oxygen atoms in total. The fourth-order valence-corrected chi connectivity index (χ4v) is 2.33. The molecule has 0 bridgehead atoms. The van der Waals surface area contributed by atoms with Crippen molar-refractivity contribution in [3.63, 3.8) is 0 Å². The van der Waals surface area contributed by atoms with E-state index in [2.05, 4.69) is 39.2 Å². The average Bonchev–Trinajstić information content (AvgIpc) is 2.87. The molecule has 0 aliphatic rings. The maximum atomic E-state index is 5.30. The highest BCUT2D eigenvalue weighted by Crippen LogP contribution is 2.30. The first kappa shape index (κ1) is 15.3. The molecular formula is C16H16BrN3O. The number of nitrogens with zero attached hydrogens (tertiary/aromatic N) is 3. The van der Waals surface area contributed by atoms with Crippen LogP contribution in [-0.4, -0.2) is 21.9 Å². The normalized spacial score (nSPS) is 11.3. The number of aryl methyl sites for hydroxylation is 1. The monoisotopic (exact) mass is 345 g/mol. The summed E-state index contributed by atoms with van der Waals surface area (Å²) in [6.07, 6.45) is 5.29. The fourth-order valence-electron chi connectivity index (χ4n) is 1.92. The standard InChI is InChI=1S/C16H16BrN3O/c1-5-7-11(6-2)16-18-15(19-20(16)3)12-8-9-13(17)14(10-12)21-4/h5-10H,1-2H2,3-4H3/b11-7+. The van der Waals surface area contributed by atoms with Crippen molar-refractivity contribution in [1.82, 2.24) is 14.8 Å². The van der Waals surface area contributed by atoms with E-state index in [4.69, 9.17) is 4.74 Å². The summed E-state index contributed by atoms with van der Waals surface area (Å²) in [5, 5.41) is 4.45. The summed E-state index contributed by atoms with van der Waals surface area (Å²) >= 11 is 3.43. The van der Waals surface area contributed by atoms with Crippen molar-refractivity contribution in [1.29, 1.82) is 0 Å². The van der Waals surface area contributed by atoms with Gasteiger partial charge in [-0.05, 0) is 34.1 Å². The molecule has 5 heteroatoms. The van der Waals surface area contributed by atoms with Crippen LogP contribution < -0.4 is 4.74 Å². The van der Waals surface area contributed by atoms with Gasteiger partial charge in [0.05, 0.1) is 11.6 Å². The van der Waals surface area contributed by atoms with E-state index in [1.807, 2.05) is 31.3 Å². The maximum Gasteiger partial charge on any atom is 0.181 e. The van der Waals surface area contributed by atoms with Crippen molar-refractivity contribution in [2.75, 3.05) is 7.11 Å². The summed E-state index contributed by atoms with van der Waals surface area (Å²) in [7, 11) is 3.48. The molecule has 0 radical (unpaired) electrons. The quantitative estimate of drug-likeness (QED) is 0.768. The molecule has 0 saturated carbocycles. The van der Waals surface area contributed by atoms with Crippen LogP contribution in [-0.2, 0) is 7.05 Å². The molecule has 1 aromatic heterocycles. The first-order valence-corrected chi connectivity index (χ1v) is 7.10. The maximum absolute atomic E-state index is 5.30. The number of rotatable bonds is 5. The van der Waals surface area contributed by atoms with Gasteiger partial charge in [0.1, 0.15) is 5.75 Å². The van der Waals surface area contributed by atoms with Crippen molar-refractivity contribution in [2.45, 2.75) is 0 Å². The second kappa shape index (κ2) is 6.54. The van der Waals surface area contributed by atoms with Gasteiger partial charge in [0.25, 0.3) is 0 Å². The molecule has 2 rings (SSSR count). The zero-order valence-electron chi connectivity index (χ0n) is 12.0. The molecule has 0 aliphatic heterocycles. The van der Waals surface area contributed by atoms with E-state index in [0.717, 1.165) is 27.2 Å². The number of aromatic nitrogens is 3. The summed E-state index contributed by atoms with van der Waals surface area (Å²) in [6.45, 7) is 7.49. The summed E-state index contributed by atoms with van der Waals surface area (Å²) in [6, 6.07) is 5.75. The third kappa shape index (κ3) is 3.13. The Bertz CT molecular complexity index is 716. The Hall–Kier alpha value is -2.14. The fraction of sp³-hybridized carbons (Fsp3) is 0.125. The van der Waals surface area contributed by atoms with E-state index in [9.17, 15) is 0 Å². The Balaban J connectivity index is 2.50. The van der Waals surface area contributed by atoms with Gasteiger partial charge in [-0.25, -0.2) is 9.67 Å². The molecule has 0 unspecified atom stereocenters. The van der Waals surface area contributed by atoms with Gasteiger partial charge in [0.15, 0.2) is 11.6 Å². The lowest BCUT2D eigenvalue weighted by Gasteiger charge is -2.04. The van der Waals surface area contributed by atoms with E-state index < -0.39 is 0 Å². The highest BCUT2D eigenvalue weighted by molar-refractivity contribution is 9.10. The number of ether oxygens (including phenoxy) is 1. The van der Waals surface area contributed by atoms with Gasteiger partial charge < -0.3 is 4.74 Å². The number of halogens is 1. The minimum absolute atomic E-state index is 0.634. The van der Waals surface area contributed by atoms with E-state index in [1.165, 1.54) is 0 Å². The Morgan fingerprint density at radius 1 is 1.38 bits per heavy atom. The first-order valence-electron chi connectivity index (χ1n) is 6.31. The molecule has 0 fully saturated rings. The smallest absolute Gasteiger partial charge is 0.181 e. The summed E-state index contributed by atoms with van der Waals surface area (Å²) in [5.41, 5.74) is 1.76. The lowest BCUT2D eigenvalue weighted by atomic mass is 10.2. The van der Waals surface area contributed by atoms with Crippen LogP contribution in [0.15, 0.2) is 54.1 Å². The Kier molecular flexibility index (Phi) is 4.75. The van der Waals surface area contributed by atoms with Gasteiger partial charge in [-0.15, -0.1) is 0 Å². The third-order valence-corrected chi connectivity index (χ3v) is 3.60. The van der Waals surface area contributed by atoms with Crippen molar-refractivity contribution in [3.8, 4) is 17.1 Å². The van der Waals surface area contributed by atoms with E-state index in [-0.39, 0.29) is 0 Å². The predicted octanol–water partition coefficient (Wildman–Crippen LogP) is 4.01. The lowest BCUT2D eigenvalue weighted by molar-refractivity contribution is 0.412. The lowest BCUT2D eigenvalue weighted by Crippen LogP contribution is -1.97. The molecule has 0 aliphatic carbocycles. The molecule has 1 heterocycles. The zero-order valence-corrected chi connectivity index (χ0v) is 13.6. The van der Waals surface area contributed by atoms with Crippen LogP contribution in [0.1, 0.15) is 5.82 Å². The molecule has 0 atom stereocenters. The Morgan fingerprint density at radius 3 is 2.76 bits per heavy atom.